The molecule has 2 aromatic rings. The minimum absolute atomic E-state index is 0.153. The lowest BCUT2D eigenvalue weighted by molar-refractivity contribution is -0.137. The van der Waals surface area contributed by atoms with Gasteiger partial charge in [0.25, 0.3) is 5.91 Å². The van der Waals surface area contributed by atoms with Gasteiger partial charge in [0.1, 0.15) is 23.2 Å². The fourth-order valence-corrected chi connectivity index (χ4v) is 1.76. The summed E-state index contributed by atoms with van der Waals surface area (Å²) in [6, 6.07) is 8.93. The molecular weight excluding hydrogens is 309 g/mol. The molecule has 1 heterocycles. The molecule has 0 unspecified atom stereocenters. The van der Waals surface area contributed by atoms with Crippen molar-refractivity contribution >= 4 is 17.7 Å². The lowest BCUT2D eigenvalue weighted by Gasteiger charge is -2.08. The normalized spacial score (nSPS) is 11.9. The van der Waals surface area contributed by atoms with Gasteiger partial charge in [-0.05, 0) is 43.3 Å². The van der Waals surface area contributed by atoms with Crippen LogP contribution in [0.1, 0.15) is 17.1 Å². The van der Waals surface area contributed by atoms with Crippen LogP contribution in [0.15, 0.2) is 46.4 Å². The summed E-state index contributed by atoms with van der Waals surface area (Å²) < 4.78 is 42.6. The van der Waals surface area contributed by atoms with Crippen LogP contribution in [0.25, 0.3) is 6.08 Å². The summed E-state index contributed by atoms with van der Waals surface area (Å²) in [4.78, 5) is 12.0. The van der Waals surface area contributed by atoms with E-state index in [1.807, 2.05) is 0 Å². The number of hydrogen-bond donors (Lipinski definition) is 1. The van der Waals surface area contributed by atoms with Gasteiger partial charge in [0.15, 0.2) is 0 Å². The second-order valence-corrected chi connectivity index (χ2v) is 4.65. The highest BCUT2D eigenvalue weighted by Gasteiger charge is 2.30. The molecule has 0 atom stereocenters. The van der Waals surface area contributed by atoms with Crippen molar-refractivity contribution in [1.29, 1.82) is 5.26 Å². The van der Waals surface area contributed by atoms with Gasteiger partial charge < -0.3 is 9.73 Å². The predicted octanol–water partition coefficient (Wildman–Crippen LogP) is 4.15. The van der Waals surface area contributed by atoms with Gasteiger partial charge in [0.05, 0.1) is 5.56 Å². The molecule has 118 valence electrons. The molecule has 0 spiro atoms. The first kappa shape index (κ1) is 16.4. The zero-order valence-corrected chi connectivity index (χ0v) is 11.9. The minimum Gasteiger partial charge on any atom is -0.462 e. The molecule has 1 aromatic carbocycles. The van der Waals surface area contributed by atoms with Crippen molar-refractivity contribution in [2.24, 2.45) is 0 Å². The lowest BCUT2D eigenvalue weighted by atomic mass is 10.2. The third kappa shape index (κ3) is 4.23. The van der Waals surface area contributed by atoms with Gasteiger partial charge in [-0.2, -0.15) is 18.4 Å². The third-order valence-corrected chi connectivity index (χ3v) is 2.88. The molecule has 0 saturated heterocycles. The highest BCUT2D eigenvalue weighted by Crippen LogP contribution is 2.29. The lowest BCUT2D eigenvalue weighted by Crippen LogP contribution is -2.13. The summed E-state index contributed by atoms with van der Waals surface area (Å²) in [5.74, 6) is 0.222. The molecule has 1 N–H and O–H groups in total. The van der Waals surface area contributed by atoms with E-state index in [1.165, 1.54) is 6.08 Å². The number of benzene rings is 1. The summed E-state index contributed by atoms with van der Waals surface area (Å²) in [5, 5.41) is 11.4. The number of nitrogens with zero attached hydrogens (tertiary/aromatic N) is 1. The Kier molecular flexibility index (Phi) is 4.55. The maximum atomic E-state index is 12.5. The van der Waals surface area contributed by atoms with E-state index in [4.69, 9.17) is 9.68 Å². The Bertz CT molecular complexity index is 781. The fraction of sp³-hybridized carbons (Fsp3) is 0.125. The van der Waals surface area contributed by atoms with E-state index in [2.05, 4.69) is 5.32 Å². The van der Waals surface area contributed by atoms with E-state index in [1.54, 1.807) is 25.1 Å². The molecular formula is C16H11F3N2O2. The zero-order valence-electron chi connectivity index (χ0n) is 11.9. The number of halogens is 3. The highest BCUT2D eigenvalue weighted by atomic mass is 19.4. The Labute approximate surface area is 129 Å². The molecule has 23 heavy (non-hydrogen) atoms. The summed E-state index contributed by atoms with van der Waals surface area (Å²) in [6.45, 7) is 1.71. The average molecular weight is 320 g/mol. The average Bonchev–Trinajstić information content (AvgIpc) is 2.89. The van der Waals surface area contributed by atoms with E-state index >= 15 is 0 Å². The molecule has 1 amide bonds. The van der Waals surface area contributed by atoms with E-state index in [9.17, 15) is 18.0 Å². The van der Waals surface area contributed by atoms with Gasteiger partial charge >= 0.3 is 6.18 Å². The molecule has 1 aromatic heterocycles. The molecule has 0 aliphatic carbocycles. The largest absolute Gasteiger partial charge is 0.462 e. The van der Waals surface area contributed by atoms with Crippen LogP contribution in [0.3, 0.4) is 0 Å². The number of nitriles is 1. The van der Waals surface area contributed by atoms with Crippen LogP contribution in [-0.4, -0.2) is 5.91 Å². The van der Waals surface area contributed by atoms with Gasteiger partial charge in [-0.15, -0.1) is 0 Å². The third-order valence-electron chi connectivity index (χ3n) is 2.88. The number of alkyl halides is 3. The standard InChI is InChI=1S/C16H11F3N2O2/c1-10-2-7-14(23-10)8-11(9-20)15(22)21-13-5-3-12(4-6-13)16(17,18)19/h2-8H,1H3,(H,21,22)/b11-8+. The quantitative estimate of drug-likeness (QED) is 0.682. The Balaban J connectivity index is 2.14. The zero-order chi connectivity index (χ0) is 17.0. The number of aryl methyl sites for hydroxylation is 1. The van der Waals surface area contributed by atoms with E-state index in [0.29, 0.717) is 11.5 Å². The summed E-state index contributed by atoms with van der Waals surface area (Å²) in [5.41, 5.74) is -0.892. The monoisotopic (exact) mass is 320 g/mol. The van der Waals surface area contributed by atoms with Crippen molar-refractivity contribution < 1.29 is 22.4 Å². The Morgan fingerprint density at radius 2 is 1.87 bits per heavy atom. The second kappa shape index (κ2) is 6.40. The van der Waals surface area contributed by atoms with Crippen LogP contribution in [0.4, 0.5) is 18.9 Å². The van der Waals surface area contributed by atoms with Gasteiger partial charge in [0.2, 0.25) is 0 Å². The molecule has 0 radical (unpaired) electrons. The maximum Gasteiger partial charge on any atom is 0.416 e. The minimum atomic E-state index is -4.45. The number of furan rings is 1. The van der Waals surface area contributed by atoms with Crippen molar-refractivity contribution in [3.8, 4) is 6.07 Å². The highest BCUT2D eigenvalue weighted by molar-refractivity contribution is 6.09. The molecule has 0 aliphatic heterocycles. The number of amides is 1. The Morgan fingerprint density at radius 3 is 2.35 bits per heavy atom. The number of rotatable bonds is 3. The topological polar surface area (TPSA) is 66.0 Å². The SMILES string of the molecule is Cc1ccc(/C=C(\C#N)C(=O)Nc2ccc(C(F)(F)F)cc2)o1. The molecule has 0 fully saturated rings. The number of anilines is 1. The van der Waals surface area contributed by atoms with Gasteiger partial charge in [-0.3, -0.25) is 4.79 Å². The number of carbonyl (C=O) groups excluding carboxylic acids is 1. The van der Waals surface area contributed by atoms with E-state index < -0.39 is 17.6 Å². The van der Waals surface area contributed by atoms with Crippen molar-refractivity contribution in [3.05, 3.63) is 59.1 Å². The molecule has 4 nitrogen and oxygen atoms in total. The van der Waals surface area contributed by atoms with Gasteiger partial charge in [-0.25, -0.2) is 0 Å². The first-order valence-electron chi connectivity index (χ1n) is 6.46. The van der Waals surface area contributed by atoms with Crippen LogP contribution < -0.4 is 5.32 Å². The Hall–Kier alpha value is -3.01. The van der Waals surface area contributed by atoms with E-state index in [0.717, 1.165) is 24.3 Å². The van der Waals surface area contributed by atoms with Gasteiger partial charge in [0, 0.05) is 11.8 Å². The van der Waals surface area contributed by atoms with Crippen LogP contribution in [-0.2, 0) is 11.0 Å². The van der Waals surface area contributed by atoms with Crippen molar-refractivity contribution in [2.45, 2.75) is 13.1 Å². The molecule has 2 rings (SSSR count). The van der Waals surface area contributed by atoms with Crippen molar-refractivity contribution in [3.63, 3.8) is 0 Å². The predicted molar refractivity (Wildman–Crippen MR) is 77.1 cm³/mol. The number of hydrogen-bond acceptors (Lipinski definition) is 3. The Morgan fingerprint density at radius 1 is 1.22 bits per heavy atom. The van der Waals surface area contributed by atoms with Gasteiger partial charge in [-0.1, -0.05) is 0 Å². The molecule has 7 heteroatoms. The van der Waals surface area contributed by atoms with Crippen LogP contribution in [0.2, 0.25) is 0 Å². The van der Waals surface area contributed by atoms with Crippen molar-refractivity contribution in [2.75, 3.05) is 5.32 Å². The molecule has 0 saturated carbocycles. The fourth-order valence-electron chi connectivity index (χ4n) is 1.76. The summed E-state index contributed by atoms with van der Waals surface area (Å²) in [7, 11) is 0. The molecule has 0 bridgehead atoms. The molecule has 0 aliphatic rings. The van der Waals surface area contributed by atoms with Crippen LogP contribution >= 0.6 is 0 Å². The first-order chi connectivity index (χ1) is 10.8. The number of nitrogens with one attached hydrogen (secondary N) is 1. The van der Waals surface area contributed by atoms with Crippen LogP contribution in [0, 0.1) is 18.3 Å². The van der Waals surface area contributed by atoms with E-state index in [-0.39, 0.29) is 11.3 Å². The smallest absolute Gasteiger partial charge is 0.416 e. The number of carbonyl (C=O) groups is 1. The summed E-state index contributed by atoms with van der Waals surface area (Å²) >= 11 is 0. The second-order valence-electron chi connectivity index (χ2n) is 4.65. The van der Waals surface area contributed by atoms with Crippen molar-refractivity contribution in [1.82, 2.24) is 0 Å². The first-order valence-corrected chi connectivity index (χ1v) is 6.46. The van der Waals surface area contributed by atoms with Crippen LogP contribution in [0.5, 0.6) is 0 Å². The summed E-state index contributed by atoms with van der Waals surface area (Å²) in [6.07, 6.45) is -3.19. The maximum absolute atomic E-state index is 12.5.